The van der Waals surface area contributed by atoms with E-state index in [1.54, 1.807) is 14.2 Å². The summed E-state index contributed by atoms with van der Waals surface area (Å²) in [6.07, 6.45) is 0. The third kappa shape index (κ3) is 3.25. The summed E-state index contributed by atoms with van der Waals surface area (Å²) in [4.78, 5) is 4.78. The van der Waals surface area contributed by atoms with Gasteiger partial charge in [0.15, 0.2) is 0 Å². The molecule has 5 heteroatoms. The third-order valence-corrected chi connectivity index (χ3v) is 4.59. The molecule has 0 radical (unpaired) electrons. The SMILES string of the molecule is COc1ccc2c(Nc3ccc(CO)cc3)c3cc(OC)ccc3nc2c1. The Morgan fingerprint density at radius 2 is 1.52 bits per heavy atom. The first-order valence-electron chi connectivity index (χ1n) is 8.64. The first-order valence-corrected chi connectivity index (χ1v) is 8.64. The summed E-state index contributed by atoms with van der Waals surface area (Å²) in [5, 5.41) is 14.7. The van der Waals surface area contributed by atoms with Gasteiger partial charge in [-0.3, -0.25) is 0 Å². The second-order valence-corrected chi connectivity index (χ2v) is 6.23. The molecule has 0 aliphatic rings. The number of benzene rings is 3. The van der Waals surface area contributed by atoms with Gasteiger partial charge in [0.2, 0.25) is 0 Å². The van der Waals surface area contributed by atoms with Crippen molar-refractivity contribution in [1.29, 1.82) is 0 Å². The number of hydrogen-bond donors (Lipinski definition) is 2. The van der Waals surface area contributed by atoms with E-state index in [1.165, 1.54) is 0 Å². The largest absolute Gasteiger partial charge is 0.497 e. The van der Waals surface area contributed by atoms with Crippen LogP contribution in [0.25, 0.3) is 21.8 Å². The Hall–Kier alpha value is -3.31. The third-order valence-electron chi connectivity index (χ3n) is 4.59. The van der Waals surface area contributed by atoms with E-state index in [0.717, 1.165) is 50.2 Å². The maximum atomic E-state index is 9.25. The number of anilines is 2. The number of aliphatic hydroxyl groups excluding tert-OH is 1. The molecule has 0 bridgehead atoms. The smallest absolute Gasteiger partial charge is 0.121 e. The van der Waals surface area contributed by atoms with Gasteiger partial charge in [0.05, 0.1) is 37.5 Å². The number of nitrogens with one attached hydrogen (secondary N) is 1. The van der Waals surface area contributed by atoms with Gasteiger partial charge in [0.1, 0.15) is 11.5 Å². The second-order valence-electron chi connectivity index (χ2n) is 6.23. The van der Waals surface area contributed by atoms with Gasteiger partial charge in [-0.2, -0.15) is 0 Å². The molecule has 0 atom stereocenters. The van der Waals surface area contributed by atoms with Gasteiger partial charge in [-0.05, 0) is 48.0 Å². The number of rotatable bonds is 5. The van der Waals surface area contributed by atoms with Gasteiger partial charge in [-0.15, -0.1) is 0 Å². The first-order chi connectivity index (χ1) is 13.2. The van der Waals surface area contributed by atoms with E-state index in [9.17, 15) is 5.11 Å². The molecular formula is C22H20N2O3. The van der Waals surface area contributed by atoms with E-state index in [4.69, 9.17) is 14.5 Å². The average Bonchev–Trinajstić information content (AvgIpc) is 2.73. The van der Waals surface area contributed by atoms with Crippen LogP contribution in [0, 0.1) is 0 Å². The van der Waals surface area contributed by atoms with Crippen molar-refractivity contribution >= 4 is 33.2 Å². The summed E-state index contributed by atoms with van der Waals surface area (Å²) in [5.74, 6) is 1.54. The van der Waals surface area contributed by atoms with Crippen LogP contribution in [0.15, 0.2) is 60.7 Å². The highest BCUT2D eigenvalue weighted by Gasteiger charge is 2.12. The highest BCUT2D eigenvalue weighted by molar-refractivity contribution is 6.09. The number of hydrogen-bond acceptors (Lipinski definition) is 5. The molecule has 0 fully saturated rings. The predicted octanol–water partition coefficient (Wildman–Crippen LogP) is 4.64. The zero-order chi connectivity index (χ0) is 18.8. The molecule has 0 saturated carbocycles. The molecule has 0 aliphatic heterocycles. The Balaban J connectivity index is 1.94. The summed E-state index contributed by atoms with van der Waals surface area (Å²) in [6, 6.07) is 19.4. The fourth-order valence-electron chi connectivity index (χ4n) is 3.13. The number of pyridine rings is 1. The molecule has 0 unspecified atom stereocenters. The quantitative estimate of drug-likeness (QED) is 0.508. The minimum Gasteiger partial charge on any atom is -0.497 e. The molecule has 1 aromatic heterocycles. The van der Waals surface area contributed by atoms with Gasteiger partial charge >= 0.3 is 0 Å². The second kappa shape index (κ2) is 7.13. The van der Waals surface area contributed by atoms with Crippen LogP contribution < -0.4 is 14.8 Å². The standard InChI is InChI=1S/C22H20N2O3/c1-26-16-8-10-20-19(11-16)22(23-15-5-3-14(13-25)4-6-15)18-9-7-17(27-2)12-21(18)24-20/h3-12,25H,13H2,1-2H3,(H,23,24). The molecule has 0 saturated heterocycles. The molecule has 5 nitrogen and oxygen atoms in total. The van der Waals surface area contributed by atoms with Crippen LogP contribution in [0.2, 0.25) is 0 Å². The Bertz CT molecular complexity index is 1110. The Kier molecular flexibility index (Phi) is 4.52. The van der Waals surface area contributed by atoms with Crippen LogP contribution in [-0.4, -0.2) is 24.3 Å². The molecule has 0 amide bonds. The first kappa shape index (κ1) is 17.1. The monoisotopic (exact) mass is 360 g/mol. The van der Waals surface area contributed by atoms with E-state index in [-0.39, 0.29) is 6.61 Å². The molecule has 136 valence electrons. The van der Waals surface area contributed by atoms with Gasteiger partial charge < -0.3 is 19.9 Å². The molecule has 0 spiro atoms. The molecule has 1 heterocycles. The van der Waals surface area contributed by atoms with Crippen molar-refractivity contribution in [2.24, 2.45) is 0 Å². The van der Waals surface area contributed by atoms with Gasteiger partial charge in [-0.1, -0.05) is 12.1 Å². The van der Waals surface area contributed by atoms with Crippen LogP contribution in [0.5, 0.6) is 11.5 Å². The van der Waals surface area contributed by atoms with Gasteiger partial charge in [-0.25, -0.2) is 4.98 Å². The lowest BCUT2D eigenvalue weighted by molar-refractivity contribution is 0.282. The highest BCUT2D eigenvalue weighted by atomic mass is 16.5. The van der Waals surface area contributed by atoms with Crippen LogP contribution in [0.1, 0.15) is 5.56 Å². The average molecular weight is 360 g/mol. The molecule has 3 aromatic carbocycles. The van der Waals surface area contributed by atoms with E-state index in [0.29, 0.717) is 0 Å². The molecule has 27 heavy (non-hydrogen) atoms. The lowest BCUT2D eigenvalue weighted by Gasteiger charge is -2.15. The van der Waals surface area contributed by atoms with Crippen molar-refractivity contribution in [2.75, 3.05) is 19.5 Å². The van der Waals surface area contributed by atoms with Crippen molar-refractivity contribution in [1.82, 2.24) is 4.98 Å². The lowest BCUT2D eigenvalue weighted by atomic mass is 10.1. The predicted molar refractivity (Wildman–Crippen MR) is 108 cm³/mol. The lowest BCUT2D eigenvalue weighted by Crippen LogP contribution is -1.97. The molecule has 4 aromatic rings. The zero-order valence-corrected chi connectivity index (χ0v) is 15.2. The number of fused-ring (bicyclic) bond motifs is 2. The van der Waals surface area contributed by atoms with Crippen molar-refractivity contribution in [3.63, 3.8) is 0 Å². The van der Waals surface area contributed by atoms with Gasteiger partial charge in [0.25, 0.3) is 0 Å². The Morgan fingerprint density at radius 3 is 2.22 bits per heavy atom. The molecular weight excluding hydrogens is 340 g/mol. The summed E-state index contributed by atoms with van der Waals surface area (Å²) >= 11 is 0. The van der Waals surface area contributed by atoms with Crippen molar-refractivity contribution in [3.8, 4) is 11.5 Å². The fraction of sp³-hybridized carbons (Fsp3) is 0.136. The van der Waals surface area contributed by atoms with E-state index in [2.05, 4.69) is 5.32 Å². The topological polar surface area (TPSA) is 63.6 Å². The zero-order valence-electron chi connectivity index (χ0n) is 15.2. The van der Waals surface area contributed by atoms with Crippen LogP contribution in [-0.2, 0) is 6.61 Å². The fourth-order valence-corrected chi connectivity index (χ4v) is 3.13. The highest BCUT2D eigenvalue weighted by Crippen LogP contribution is 2.36. The normalized spacial score (nSPS) is 10.9. The Morgan fingerprint density at radius 1 is 0.815 bits per heavy atom. The number of ether oxygens (including phenoxy) is 2. The van der Waals surface area contributed by atoms with E-state index in [1.807, 2.05) is 60.7 Å². The van der Waals surface area contributed by atoms with E-state index >= 15 is 0 Å². The van der Waals surface area contributed by atoms with E-state index < -0.39 is 0 Å². The molecule has 0 aliphatic carbocycles. The van der Waals surface area contributed by atoms with Crippen LogP contribution in [0.4, 0.5) is 11.4 Å². The van der Waals surface area contributed by atoms with Crippen molar-refractivity contribution in [2.45, 2.75) is 6.61 Å². The summed E-state index contributed by atoms with van der Waals surface area (Å²) in [7, 11) is 3.30. The maximum absolute atomic E-state index is 9.25. The summed E-state index contributed by atoms with van der Waals surface area (Å²) in [6.45, 7) is 0.0262. The minimum atomic E-state index is 0.0262. The van der Waals surface area contributed by atoms with Crippen molar-refractivity contribution in [3.05, 3.63) is 66.2 Å². The molecule has 4 rings (SSSR count). The van der Waals surface area contributed by atoms with Gasteiger partial charge in [0, 0.05) is 22.5 Å². The summed E-state index contributed by atoms with van der Waals surface area (Å²) in [5.41, 5.74) is 4.47. The summed E-state index contributed by atoms with van der Waals surface area (Å²) < 4.78 is 10.8. The number of aliphatic hydroxyl groups is 1. The van der Waals surface area contributed by atoms with Crippen LogP contribution in [0.3, 0.4) is 0 Å². The Labute approximate surface area is 157 Å². The number of nitrogens with zero attached hydrogens (tertiary/aromatic N) is 1. The van der Waals surface area contributed by atoms with Crippen LogP contribution >= 0.6 is 0 Å². The molecule has 2 N–H and O–H groups in total. The number of aromatic nitrogens is 1. The maximum Gasteiger partial charge on any atom is 0.121 e. The van der Waals surface area contributed by atoms with Crippen molar-refractivity contribution < 1.29 is 14.6 Å². The minimum absolute atomic E-state index is 0.0262. The number of methoxy groups -OCH3 is 2.